The summed E-state index contributed by atoms with van der Waals surface area (Å²) >= 11 is 0. The van der Waals surface area contributed by atoms with Gasteiger partial charge in [0.05, 0.1) is 5.92 Å². The van der Waals surface area contributed by atoms with Crippen molar-refractivity contribution in [2.45, 2.75) is 38.7 Å². The molecule has 3 atom stereocenters. The summed E-state index contributed by atoms with van der Waals surface area (Å²) in [6.07, 6.45) is 2.75. The summed E-state index contributed by atoms with van der Waals surface area (Å²) in [7, 11) is 0. The number of hydrogen-bond donors (Lipinski definition) is 2. The van der Waals surface area contributed by atoms with Crippen LogP contribution in [0.4, 0.5) is 14.5 Å². The number of carboxylic acids is 1. The van der Waals surface area contributed by atoms with Gasteiger partial charge in [-0.05, 0) is 42.0 Å². The number of carbonyl (C=O) groups is 1. The van der Waals surface area contributed by atoms with Crippen LogP contribution in [0.25, 0.3) is 0 Å². The van der Waals surface area contributed by atoms with Crippen molar-refractivity contribution in [2.75, 3.05) is 5.73 Å². The van der Waals surface area contributed by atoms with Crippen LogP contribution in [0.1, 0.15) is 37.7 Å². The lowest BCUT2D eigenvalue weighted by molar-refractivity contribution is -0.140. The topological polar surface area (TPSA) is 72.5 Å². The van der Waals surface area contributed by atoms with Gasteiger partial charge in [-0.15, -0.1) is 0 Å². The van der Waals surface area contributed by atoms with Crippen molar-refractivity contribution < 1.29 is 23.4 Å². The van der Waals surface area contributed by atoms with Crippen LogP contribution in [-0.4, -0.2) is 17.7 Å². The van der Waals surface area contributed by atoms with Gasteiger partial charge < -0.3 is 15.6 Å². The molecule has 0 aliphatic heterocycles. The van der Waals surface area contributed by atoms with Crippen LogP contribution in [0, 0.1) is 11.8 Å². The molecular formula is C15H19F2NO3. The van der Waals surface area contributed by atoms with Crippen molar-refractivity contribution in [2.24, 2.45) is 11.8 Å². The first-order chi connectivity index (χ1) is 9.90. The molecule has 0 heterocycles. The average molecular weight is 299 g/mol. The maximum Gasteiger partial charge on any atom is 0.387 e. The zero-order valence-corrected chi connectivity index (χ0v) is 11.8. The predicted molar refractivity (Wildman–Crippen MR) is 74.4 cm³/mol. The fourth-order valence-corrected chi connectivity index (χ4v) is 3.21. The first kappa shape index (κ1) is 15.5. The molecule has 21 heavy (non-hydrogen) atoms. The van der Waals surface area contributed by atoms with Crippen LogP contribution < -0.4 is 10.5 Å². The van der Waals surface area contributed by atoms with E-state index >= 15 is 0 Å². The van der Waals surface area contributed by atoms with Gasteiger partial charge in [0.1, 0.15) is 5.75 Å². The molecule has 6 heteroatoms. The van der Waals surface area contributed by atoms with E-state index in [1.54, 1.807) is 0 Å². The number of halogens is 2. The van der Waals surface area contributed by atoms with Crippen molar-refractivity contribution in [3.8, 4) is 5.75 Å². The van der Waals surface area contributed by atoms with E-state index < -0.39 is 18.5 Å². The van der Waals surface area contributed by atoms with Crippen LogP contribution in [0.3, 0.4) is 0 Å². The van der Waals surface area contributed by atoms with Crippen molar-refractivity contribution in [1.29, 1.82) is 0 Å². The summed E-state index contributed by atoms with van der Waals surface area (Å²) in [5, 5.41) is 9.56. The molecule has 2 rings (SSSR count). The van der Waals surface area contributed by atoms with Crippen LogP contribution in [0.5, 0.6) is 5.75 Å². The Morgan fingerprint density at radius 3 is 2.67 bits per heavy atom. The number of aliphatic carboxylic acids is 1. The van der Waals surface area contributed by atoms with Crippen LogP contribution in [-0.2, 0) is 4.79 Å². The number of benzene rings is 1. The van der Waals surface area contributed by atoms with E-state index in [0.29, 0.717) is 11.3 Å². The number of anilines is 1. The molecule has 116 valence electrons. The maximum absolute atomic E-state index is 12.3. The van der Waals surface area contributed by atoms with E-state index in [1.807, 2.05) is 6.92 Å². The van der Waals surface area contributed by atoms with Gasteiger partial charge in [-0.2, -0.15) is 8.78 Å². The Morgan fingerprint density at radius 1 is 1.43 bits per heavy atom. The molecule has 1 fully saturated rings. The number of nitrogens with two attached hydrogens (primary N) is 1. The van der Waals surface area contributed by atoms with Crippen molar-refractivity contribution in [3.63, 3.8) is 0 Å². The normalized spacial score (nSPS) is 23.2. The third-order valence-electron chi connectivity index (χ3n) is 4.24. The fraction of sp³-hybridized carbons (Fsp3) is 0.533. The fourth-order valence-electron chi connectivity index (χ4n) is 3.21. The van der Waals surface area contributed by atoms with Gasteiger partial charge in [0, 0.05) is 5.69 Å². The highest BCUT2D eigenvalue weighted by atomic mass is 19.3. The van der Waals surface area contributed by atoms with E-state index in [0.717, 1.165) is 19.3 Å². The van der Waals surface area contributed by atoms with E-state index in [1.165, 1.54) is 18.2 Å². The number of hydrogen-bond acceptors (Lipinski definition) is 3. The van der Waals surface area contributed by atoms with Gasteiger partial charge in [-0.3, -0.25) is 4.79 Å². The maximum atomic E-state index is 12.3. The Kier molecular flexibility index (Phi) is 4.65. The summed E-state index contributed by atoms with van der Waals surface area (Å²) in [5.41, 5.74) is 6.52. The zero-order valence-electron chi connectivity index (χ0n) is 11.8. The Hall–Kier alpha value is -1.85. The lowest BCUT2D eigenvalue weighted by Gasteiger charge is -2.25. The number of carboxylic acid groups (broad SMARTS) is 1. The average Bonchev–Trinajstić information content (AvgIpc) is 2.79. The van der Waals surface area contributed by atoms with Gasteiger partial charge in [0.15, 0.2) is 0 Å². The summed E-state index contributed by atoms with van der Waals surface area (Å²) in [4.78, 5) is 11.7. The third-order valence-corrected chi connectivity index (χ3v) is 4.24. The SMILES string of the molecule is CC1CCCC1C(C(=O)O)c1cc(OC(F)F)ccc1N. The van der Waals surface area contributed by atoms with Gasteiger partial charge in [0.2, 0.25) is 0 Å². The molecule has 3 N–H and O–H groups in total. The summed E-state index contributed by atoms with van der Waals surface area (Å²) in [6.45, 7) is -0.932. The number of rotatable bonds is 5. The molecule has 0 bridgehead atoms. The van der Waals surface area contributed by atoms with Gasteiger partial charge >= 0.3 is 12.6 Å². The first-order valence-electron chi connectivity index (χ1n) is 6.97. The second kappa shape index (κ2) is 6.28. The molecule has 1 aliphatic rings. The largest absolute Gasteiger partial charge is 0.481 e. The first-order valence-corrected chi connectivity index (χ1v) is 6.97. The lowest BCUT2D eigenvalue weighted by atomic mass is 9.79. The monoisotopic (exact) mass is 299 g/mol. The highest BCUT2D eigenvalue weighted by molar-refractivity contribution is 5.79. The van der Waals surface area contributed by atoms with E-state index in [-0.39, 0.29) is 17.6 Å². The quantitative estimate of drug-likeness (QED) is 0.816. The Balaban J connectivity index is 2.37. The third kappa shape index (κ3) is 3.43. The standard InChI is InChI=1S/C15H19F2NO3/c1-8-3-2-4-10(8)13(14(19)20)11-7-9(21-15(16)17)5-6-12(11)18/h5-8,10,13,15H,2-4,18H2,1H3,(H,19,20). The Labute approximate surface area is 121 Å². The Bertz CT molecular complexity index is 522. The van der Waals surface area contributed by atoms with Crippen molar-refractivity contribution in [3.05, 3.63) is 23.8 Å². The second-order valence-electron chi connectivity index (χ2n) is 5.56. The zero-order chi connectivity index (χ0) is 15.6. The molecule has 1 aromatic rings. The van der Waals surface area contributed by atoms with Gasteiger partial charge in [0.25, 0.3) is 0 Å². The molecule has 3 unspecified atom stereocenters. The summed E-state index contributed by atoms with van der Waals surface area (Å²) in [5.74, 6) is -1.60. The molecule has 4 nitrogen and oxygen atoms in total. The smallest absolute Gasteiger partial charge is 0.387 e. The second-order valence-corrected chi connectivity index (χ2v) is 5.56. The molecular weight excluding hydrogens is 280 g/mol. The molecule has 0 amide bonds. The highest BCUT2D eigenvalue weighted by Gasteiger charge is 2.37. The molecule has 0 radical (unpaired) electrons. The van der Waals surface area contributed by atoms with Gasteiger partial charge in [-0.1, -0.05) is 19.8 Å². The van der Waals surface area contributed by atoms with Crippen LogP contribution in [0.2, 0.25) is 0 Å². The minimum atomic E-state index is -2.95. The number of nitrogen functional groups attached to an aromatic ring is 1. The molecule has 1 aliphatic carbocycles. The predicted octanol–water partition coefficient (Wildman–Crippen LogP) is 3.47. The van der Waals surface area contributed by atoms with E-state index in [4.69, 9.17) is 5.73 Å². The van der Waals surface area contributed by atoms with Crippen LogP contribution >= 0.6 is 0 Å². The number of alkyl halides is 2. The minimum Gasteiger partial charge on any atom is -0.481 e. The Morgan fingerprint density at radius 2 is 2.14 bits per heavy atom. The summed E-state index contributed by atoms with van der Waals surface area (Å²) in [6, 6.07) is 4.07. The minimum absolute atomic E-state index is 0.0356. The molecule has 0 aromatic heterocycles. The van der Waals surface area contributed by atoms with Crippen molar-refractivity contribution in [1.82, 2.24) is 0 Å². The van der Waals surface area contributed by atoms with Gasteiger partial charge in [-0.25, -0.2) is 0 Å². The van der Waals surface area contributed by atoms with E-state index in [9.17, 15) is 18.7 Å². The molecule has 1 saturated carbocycles. The molecule has 0 spiro atoms. The van der Waals surface area contributed by atoms with E-state index in [2.05, 4.69) is 4.74 Å². The highest BCUT2D eigenvalue weighted by Crippen LogP contribution is 2.43. The lowest BCUT2D eigenvalue weighted by Crippen LogP contribution is -2.24. The molecule has 0 saturated heterocycles. The summed E-state index contributed by atoms with van der Waals surface area (Å²) < 4.78 is 29.0. The molecule has 1 aromatic carbocycles. The van der Waals surface area contributed by atoms with Crippen LogP contribution in [0.15, 0.2) is 18.2 Å². The van der Waals surface area contributed by atoms with Crippen molar-refractivity contribution >= 4 is 11.7 Å². The number of ether oxygens (including phenoxy) is 1.